The van der Waals surface area contributed by atoms with E-state index in [4.69, 9.17) is 0 Å². The number of rotatable bonds is 5. The number of aromatic nitrogens is 2. The quantitative estimate of drug-likeness (QED) is 0.863. The van der Waals surface area contributed by atoms with Crippen LogP contribution in [0.3, 0.4) is 0 Å². The average molecular weight is 257 g/mol. The van der Waals surface area contributed by atoms with Crippen LogP contribution in [0, 0.1) is 11.8 Å². The van der Waals surface area contributed by atoms with Crippen LogP contribution < -0.4 is 5.32 Å². The first-order valence-electron chi connectivity index (χ1n) is 6.94. The zero-order valence-electron chi connectivity index (χ0n) is 11.1. The van der Waals surface area contributed by atoms with Gasteiger partial charge in [0.25, 0.3) is 0 Å². The molecule has 0 radical (unpaired) electrons. The molecule has 4 nitrogen and oxygen atoms in total. The highest BCUT2D eigenvalue weighted by Crippen LogP contribution is 2.36. The van der Waals surface area contributed by atoms with Crippen molar-refractivity contribution in [2.45, 2.75) is 26.2 Å². The lowest BCUT2D eigenvalue weighted by Gasteiger charge is -2.10. The van der Waals surface area contributed by atoms with Gasteiger partial charge < -0.3 is 10.3 Å². The predicted octanol–water partition coefficient (Wildman–Crippen LogP) is 2.27. The number of carbonyl (C=O) groups excluding carboxylic acids is 1. The monoisotopic (exact) mass is 257 g/mol. The predicted molar refractivity (Wildman–Crippen MR) is 74.7 cm³/mol. The minimum absolute atomic E-state index is 0.171. The van der Waals surface area contributed by atoms with Gasteiger partial charge in [0.2, 0.25) is 5.91 Å². The zero-order chi connectivity index (χ0) is 13.2. The molecule has 0 spiro atoms. The van der Waals surface area contributed by atoms with Gasteiger partial charge >= 0.3 is 0 Å². The molecule has 1 saturated carbocycles. The second kappa shape index (κ2) is 5.03. The minimum atomic E-state index is 0.171. The molecule has 100 valence electrons. The van der Waals surface area contributed by atoms with E-state index in [2.05, 4.69) is 21.4 Å². The lowest BCUT2D eigenvalue weighted by atomic mass is 10.1. The van der Waals surface area contributed by atoms with Crippen LogP contribution in [0.15, 0.2) is 24.5 Å². The lowest BCUT2D eigenvalue weighted by molar-refractivity contribution is -0.125. The van der Waals surface area contributed by atoms with Crippen molar-refractivity contribution in [3.63, 3.8) is 0 Å². The summed E-state index contributed by atoms with van der Waals surface area (Å²) in [4.78, 5) is 19.3. The van der Waals surface area contributed by atoms with Crippen LogP contribution in [-0.4, -0.2) is 22.4 Å². The van der Waals surface area contributed by atoms with E-state index in [1.165, 1.54) is 18.4 Å². The number of aromatic amines is 1. The van der Waals surface area contributed by atoms with Gasteiger partial charge in [0.05, 0.1) is 0 Å². The Morgan fingerprint density at radius 1 is 1.58 bits per heavy atom. The fraction of sp³-hybridized carbons (Fsp3) is 0.467. The van der Waals surface area contributed by atoms with Gasteiger partial charge in [-0.25, -0.2) is 4.98 Å². The third-order valence-corrected chi connectivity index (χ3v) is 3.97. The molecule has 0 aliphatic heterocycles. The number of carbonyl (C=O) groups is 1. The number of pyridine rings is 1. The molecule has 0 bridgehead atoms. The van der Waals surface area contributed by atoms with E-state index in [-0.39, 0.29) is 11.8 Å². The van der Waals surface area contributed by atoms with Crippen LogP contribution in [0.2, 0.25) is 0 Å². The van der Waals surface area contributed by atoms with Crippen LogP contribution in [0.4, 0.5) is 0 Å². The van der Waals surface area contributed by atoms with E-state index >= 15 is 0 Å². The average Bonchev–Trinajstić information content (AvgIpc) is 3.20. The Bertz CT molecular complexity index is 586. The van der Waals surface area contributed by atoms with Crippen molar-refractivity contribution < 1.29 is 4.79 Å². The first kappa shape index (κ1) is 12.2. The summed E-state index contributed by atoms with van der Waals surface area (Å²) in [6.07, 6.45) is 7.02. The van der Waals surface area contributed by atoms with Crippen molar-refractivity contribution in [3.05, 3.63) is 30.1 Å². The van der Waals surface area contributed by atoms with Crippen molar-refractivity contribution in [2.75, 3.05) is 6.54 Å². The standard InChI is InChI=1S/C15H19N3O/c1-10(11-4-5-11)15(19)17-8-6-12-9-18-14-13(12)3-2-7-16-14/h2-3,7,9-11H,4-6,8H2,1H3,(H,16,18)(H,17,19). The second-order valence-corrected chi connectivity index (χ2v) is 5.38. The lowest BCUT2D eigenvalue weighted by Crippen LogP contribution is -2.31. The first-order chi connectivity index (χ1) is 9.25. The van der Waals surface area contributed by atoms with Crippen molar-refractivity contribution in [1.29, 1.82) is 0 Å². The highest BCUT2D eigenvalue weighted by molar-refractivity contribution is 5.80. The van der Waals surface area contributed by atoms with E-state index in [1.54, 1.807) is 6.20 Å². The van der Waals surface area contributed by atoms with Gasteiger partial charge in [-0.15, -0.1) is 0 Å². The number of hydrogen-bond acceptors (Lipinski definition) is 2. The molecule has 1 unspecified atom stereocenters. The zero-order valence-corrected chi connectivity index (χ0v) is 11.1. The van der Waals surface area contributed by atoms with Gasteiger partial charge in [-0.1, -0.05) is 6.92 Å². The van der Waals surface area contributed by atoms with Crippen molar-refractivity contribution in [1.82, 2.24) is 15.3 Å². The highest BCUT2D eigenvalue weighted by atomic mass is 16.1. The fourth-order valence-corrected chi connectivity index (χ4v) is 2.51. The van der Waals surface area contributed by atoms with Crippen molar-refractivity contribution in [2.24, 2.45) is 11.8 Å². The first-order valence-corrected chi connectivity index (χ1v) is 6.94. The number of nitrogens with zero attached hydrogens (tertiary/aromatic N) is 1. The van der Waals surface area contributed by atoms with Crippen LogP contribution in [0.5, 0.6) is 0 Å². The summed E-state index contributed by atoms with van der Waals surface area (Å²) in [7, 11) is 0. The Morgan fingerprint density at radius 3 is 3.21 bits per heavy atom. The maximum Gasteiger partial charge on any atom is 0.223 e. The molecule has 3 rings (SSSR count). The maximum absolute atomic E-state index is 11.9. The maximum atomic E-state index is 11.9. The molecule has 0 aromatic carbocycles. The van der Waals surface area contributed by atoms with E-state index in [0.29, 0.717) is 12.5 Å². The fourth-order valence-electron chi connectivity index (χ4n) is 2.51. The summed E-state index contributed by atoms with van der Waals surface area (Å²) >= 11 is 0. The van der Waals surface area contributed by atoms with Crippen LogP contribution in [0.1, 0.15) is 25.3 Å². The molecule has 2 aromatic rings. The second-order valence-electron chi connectivity index (χ2n) is 5.38. The van der Waals surface area contributed by atoms with Crippen LogP contribution in [0.25, 0.3) is 11.0 Å². The van der Waals surface area contributed by atoms with Gasteiger partial charge in [-0.3, -0.25) is 4.79 Å². The third-order valence-electron chi connectivity index (χ3n) is 3.97. The number of hydrogen-bond donors (Lipinski definition) is 2. The molecule has 2 N–H and O–H groups in total. The highest BCUT2D eigenvalue weighted by Gasteiger charge is 2.32. The van der Waals surface area contributed by atoms with Gasteiger partial charge in [0.1, 0.15) is 5.65 Å². The number of nitrogens with one attached hydrogen (secondary N) is 2. The molecule has 4 heteroatoms. The summed E-state index contributed by atoms with van der Waals surface area (Å²) in [6.45, 7) is 2.72. The molecule has 2 aromatic heterocycles. The molecular formula is C15H19N3O. The SMILES string of the molecule is CC(C(=O)NCCc1c[nH]c2ncccc12)C1CC1. The van der Waals surface area contributed by atoms with Gasteiger partial charge in [-0.05, 0) is 42.9 Å². The van der Waals surface area contributed by atoms with Gasteiger partial charge in [0, 0.05) is 30.2 Å². The summed E-state index contributed by atoms with van der Waals surface area (Å²) in [5.41, 5.74) is 2.12. The van der Waals surface area contributed by atoms with Gasteiger partial charge in [0.15, 0.2) is 0 Å². The number of H-pyrrole nitrogens is 1. The van der Waals surface area contributed by atoms with Crippen molar-refractivity contribution in [3.8, 4) is 0 Å². The van der Waals surface area contributed by atoms with Gasteiger partial charge in [-0.2, -0.15) is 0 Å². The molecule has 1 aliphatic rings. The Kier molecular flexibility index (Phi) is 3.23. The van der Waals surface area contributed by atoms with E-state index in [9.17, 15) is 4.79 Å². The third kappa shape index (κ3) is 2.62. The Hall–Kier alpha value is -1.84. The summed E-state index contributed by atoms with van der Waals surface area (Å²) < 4.78 is 0. The summed E-state index contributed by atoms with van der Waals surface area (Å²) in [5.74, 6) is 0.988. The summed E-state index contributed by atoms with van der Waals surface area (Å²) in [6, 6.07) is 4.00. The molecule has 1 amide bonds. The normalized spacial score (nSPS) is 16.5. The molecule has 2 heterocycles. The smallest absolute Gasteiger partial charge is 0.223 e. The van der Waals surface area contributed by atoms with Crippen LogP contribution >= 0.6 is 0 Å². The van der Waals surface area contributed by atoms with Crippen LogP contribution in [-0.2, 0) is 11.2 Å². The number of fused-ring (bicyclic) bond motifs is 1. The topological polar surface area (TPSA) is 57.8 Å². The molecular weight excluding hydrogens is 238 g/mol. The molecule has 1 atom stereocenters. The minimum Gasteiger partial charge on any atom is -0.356 e. The Balaban J connectivity index is 1.56. The van der Waals surface area contributed by atoms with Crippen molar-refractivity contribution >= 4 is 16.9 Å². The van der Waals surface area contributed by atoms with E-state index in [1.807, 2.05) is 19.2 Å². The molecule has 0 saturated heterocycles. The largest absolute Gasteiger partial charge is 0.356 e. The molecule has 19 heavy (non-hydrogen) atoms. The Labute approximate surface area is 112 Å². The number of amides is 1. The molecule has 1 fully saturated rings. The molecule has 1 aliphatic carbocycles. The Morgan fingerprint density at radius 2 is 2.42 bits per heavy atom. The van der Waals surface area contributed by atoms with E-state index < -0.39 is 0 Å². The van der Waals surface area contributed by atoms with E-state index in [0.717, 1.165) is 17.5 Å². The summed E-state index contributed by atoms with van der Waals surface area (Å²) in [5, 5.41) is 4.18.